The standard InChI is InChI=1S/C20H21ClN2O2/c21-16-6-7-19-14(11-16)10-15(13-25-19)20(24)22-17-4-3-5-18(12-17)23-8-1-2-9-23/h3-7,11-12,15H,1-2,8-10,13H2,(H,22,24). The lowest BCUT2D eigenvalue weighted by atomic mass is 9.96. The van der Waals surface area contributed by atoms with Gasteiger partial charge >= 0.3 is 0 Å². The van der Waals surface area contributed by atoms with Gasteiger partial charge in [-0.25, -0.2) is 0 Å². The van der Waals surface area contributed by atoms with Crippen molar-refractivity contribution in [1.82, 2.24) is 0 Å². The number of hydrogen-bond donors (Lipinski definition) is 1. The molecule has 1 saturated heterocycles. The second-order valence-electron chi connectivity index (χ2n) is 6.70. The minimum Gasteiger partial charge on any atom is -0.492 e. The highest BCUT2D eigenvalue weighted by Crippen LogP contribution is 2.30. The van der Waals surface area contributed by atoms with Gasteiger partial charge in [-0.05, 0) is 61.2 Å². The van der Waals surface area contributed by atoms with Gasteiger partial charge in [-0.3, -0.25) is 4.79 Å². The molecule has 1 atom stereocenters. The van der Waals surface area contributed by atoms with Crippen LogP contribution in [0.2, 0.25) is 5.02 Å². The highest BCUT2D eigenvalue weighted by molar-refractivity contribution is 6.30. The summed E-state index contributed by atoms with van der Waals surface area (Å²) in [5.41, 5.74) is 3.00. The molecule has 1 fully saturated rings. The van der Waals surface area contributed by atoms with E-state index in [1.165, 1.54) is 18.5 Å². The quantitative estimate of drug-likeness (QED) is 0.899. The molecule has 2 aromatic rings. The number of amides is 1. The van der Waals surface area contributed by atoms with Crippen molar-refractivity contribution < 1.29 is 9.53 Å². The zero-order chi connectivity index (χ0) is 17.2. The molecule has 5 heteroatoms. The summed E-state index contributed by atoms with van der Waals surface area (Å²) in [7, 11) is 0. The topological polar surface area (TPSA) is 41.6 Å². The molecule has 4 rings (SSSR count). The number of halogens is 1. The summed E-state index contributed by atoms with van der Waals surface area (Å²) in [4.78, 5) is 15.0. The van der Waals surface area contributed by atoms with E-state index in [1.807, 2.05) is 30.3 Å². The first-order chi connectivity index (χ1) is 12.2. The number of benzene rings is 2. The average molecular weight is 357 g/mol. The molecular weight excluding hydrogens is 336 g/mol. The van der Waals surface area contributed by atoms with E-state index in [1.54, 1.807) is 0 Å². The molecule has 25 heavy (non-hydrogen) atoms. The number of nitrogens with zero attached hydrogens (tertiary/aromatic N) is 1. The van der Waals surface area contributed by atoms with E-state index >= 15 is 0 Å². The molecule has 0 aliphatic carbocycles. The van der Waals surface area contributed by atoms with Crippen LogP contribution < -0.4 is 15.0 Å². The summed E-state index contributed by atoms with van der Waals surface area (Å²) in [6.45, 7) is 2.57. The number of anilines is 2. The highest BCUT2D eigenvalue weighted by Gasteiger charge is 2.26. The molecule has 0 bridgehead atoms. The van der Waals surface area contributed by atoms with Gasteiger partial charge in [0.15, 0.2) is 0 Å². The van der Waals surface area contributed by atoms with Gasteiger partial charge in [-0.15, -0.1) is 0 Å². The van der Waals surface area contributed by atoms with Crippen molar-refractivity contribution in [3.63, 3.8) is 0 Å². The van der Waals surface area contributed by atoms with Crippen LogP contribution in [-0.4, -0.2) is 25.6 Å². The number of carbonyl (C=O) groups is 1. The third-order valence-corrected chi connectivity index (χ3v) is 5.12. The van der Waals surface area contributed by atoms with Gasteiger partial charge < -0.3 is 15.0 Å². The average Bonchev–Trinajstić information content (AvgIpc) is 3.16. The maximum atomic E-state index is 12.7. The number of hydrogen-bond acceptors (Lipinski definition) is 3. The molecule has 1 unspecified atom stereocenters. The molecule has 1 N–H and O–H groups in total. The second kappa shape index (κ2) is 6.96. The molecule has 1 amide bonds. The SMILES string of the molecule is O=C(Nc1cccc(N2CCCC2)c1)C1COc2ccc(Cl)cc2C1. The zero-order valence-electron chi connectivity index (χ0n) is 14.0. The molecule has 2 aliphatic heterocycles. The summed E-state index contributed by atoms with van der Waals surface area (Å²) < 4.78 is 5.73. The van der Waals surface area contributed by atoms with Crippen LogP contribution in [0.15, 0.2) is 42.5 Å². The molecule has 0 radical (unpaired) electrons. The van der Waals surface area contributed by atoms with E-state index in [0.717, 1.165) is 30.1 Å². The van der Waals surface area contributed by atoms with E-state index in [9.17, 15) is 4.79 Å². The van der Waals surface area contributed by atoms with Crippen LogP contribution in [0.3, 0.4) is 0 Å². The lowest BCUT2D eigenvalue weighted by molar-refractivity contribution is -0.121. The molecule has 0 aromatic heterocycles. The molecule has 130 valence electrons. The molecule has 0 spiro atoms. The maximum Gasteiger partial charge on any atom is 0.231 e. The zero-order valence-corrected chi connectivity index (χ0v) is 14.8. The monoisotopic (exact) mass is 356 g/mol. The fourth-order valence-electron chi connectivity index (χ4n) is 3.53. The Morgan fingerprint density at radius 1 is 1.16 bits per heavy atom. The summed E-state index contributed by atoms with van der Waals surface area (Å²) in [5, 5.41) is 3.71. The Morgan fingerprint density at radius 2 is 2.00 bits per heavy atom. The first-order valence-electron chi connectivity index (χ1n) is 8.76. The van der Waals surface area contributed by atoms with Crippen LogP contribution in [0.5, 0.6) is 5.75 Å². The van der Waals surface area contributed by atoms with Crippen LogP contribution >= 0.6 is 11.6 Å². The summed E-state index contributed by atoms with van der Waals surface area (Å²) in [6, 6.07) is 13.6. The van der Waals surface area contributed by atoms with Gasteiger partial charge in [0.05, 0.1) is 5.92 Å². The Kier molecular flexibility index (Phi) is 4.53. The molecule has 2 aliphatic rings. The van der Waals surface area contributed by atoms with Crippen LogP contribution in [0.25, 0.3) is 0 Å². The smallest absolute Gasteiger partial charge is 0.231 e. The van der Waals surface area contributed by atoms with Crippen LogP contribution in [0, 0.1) is 5.92 Å². The number of ether oxygens (including phenoxy) is 1. The van der Waals surface area contributed by atoms with Gasteiger partial charge in [0.25, 0.3) is 0 Å². The molecule has 2 heterocycles. The lowest BCUT2D eigenvalue weighted by Gasteiger charge is -2.25. The largest absolute Gasteiger partial charge is 0.492 e. The van der Waals surface area contributed by atoms with Crippen molar-refractivity contribution in [1.29, 1.82) is 0 Å². The van der Waals surface area contributed by atoms with E-state index in [0.29, 0.717) is 18.1 Å². The fraction of sp³-hybridized carbons (Fsp3) is 0.350. The highest BCUT2D eigenvalue weighted by atomic mass is 35.5. The van der Waals surface area contributed by atoms with E-state index < -0.39 is 0 Å². The lowest BCUT2D eigenvalue weighted by Crippen LogP contribution is -2.32. The minimum absolute atomic E-state index is 0.0100. The van der Waals surface area contributed by atoms with E-state index in [4.69, 9.17) is 16.3 Å². The molecule has 2 aromatic carbocycles. The second-order valence-corrected chi connectivity index (χ2v) is 7.13. The Labute approximate surface area is 152 Å². The normalized spacial score (nSPS) is 19.2. The Morgan fingerprint density at radius 3 is 2.84 bits per heavy atom. The van der Waals surface area contributed by atoms with Crippen molar-refractivity contribution in [3.05, 3.63) is 53.1 Å². The van der Waals surface area contributed by atoms with Gasteiger partial charge in [-0.1, -0.05) is 17.7 Å². The maximum absolute atomic E-state index is 12.7. The summed E-state index contributed by atoms with van der Waals surface area (Å²) in [6.07, 6.45) is 3.11. The van der Waals surface area contributed by atoms with Crippen molar-refractivity contribution in [2.45, 2.75) is 19.3 Å². The minimum atomic E-state index is -0.207. The van der Waals surface area contributed by atoms with Crippen LogP contribution in [0.1, 0.15) is 18.4 Å². The first kappa shape index (κ1) is 16.3. The molecule has 0 saturated carbocycles. The van der Waals surface area contributed by atoms with Crippen molar-refractivity contribution >= 4 is 28.9 Å². The van der Waals surface area contributed by atoms with Crippen LogP contribution in [-0.2, 0) is 11.2 Å². The summed E-state index contributed by atoms with van der Waals surface area (Å²) in [5.74, 6) is 0.607. The first-order valence-corrected chi connectivity index (χ1v) is 9.14. The van der Waals surface area contributed by atoms with E-state index in [-0.39, 0.29) is 11.8 Å². The number of fused-ring (bicyclic) bond motifs is 1. The summed E-state index contributed by atoms with van der Waals surface area (Å²) >= 11 is 6.05. The van der Waals surface area contributed by atoms with Gasteiger partial charge in [0, 0.05) is 29.5 Å². The van der Waals surface area contributed by atoms with Crippen molar-refractivity contribution in [2.24, 2.45) is 5.92 Å². The third kappa shape index (κ3) is 3.59. The Hall–Kier alpha value is -2.20. The molecular formula is C20H21ClN2O2. The fourth-order valence-corrected chi connectivity index (χ4v) is 3.73. The van der Waals surface area contributed by atoms with Gasteiger partial charge in [-0.2, -0.15) is 0 Å². The Bertz CT molecular complexity index is 787. The number of nitrogens with one attached hydrogen (secondary N) is 1. The predicted octanol–water partition coefficient (Wildman–Crippen LogP) is 4.13. The van der Waals surface area contributed by atoms with Crippen molar-refractivity contribution in [2.75, 3.05) is 29.9 Å². The third-order valence-electron chi connectivity index (χ3n) is 4.88. The Balaban J connectivity index is 1.45. The number of carbonyl (C=O) groups excluding carboxylic acids is 1. The van der Waals surface area contributed by atoms with Crippen LogP contribution in [0.4, 0.5) is 11.4 Å². The van der Waals surface area contributed by atoms with E-state index in [2.05, 4.69) is 22.3 Å². The van der Waals surface area contributed by atoms with Crippen molar-refractivity contribution in [3.8, 4) is 5.75 Å². The number of rotatable bonds is 3. The molecule has 4 nitrogen and oxygen atoms in total. The van der Waals surface area contributed by atoms with Gasteiger partial charge in [0.2, 0.25) is 5.91 Å². The predicted molar refractivity (Wildman–Crippen MR) is 101 cm³/mol. The van der Waals surface area contributed by atoms with Gasteiger partial charge in [0.1, 0.15) is 12.4 Å².